The Bertz CT molecular complexity index is 1820. The van der Waals surface area contributed by atoms with Gasteiger partial charge in [0.15, 0.2) is 18.8 Å². The number of para-hydroxylation sites is 1. The van der Waals surface area contributed by atoms with E-state index in [0.717, 1.165) is 16.3 Å². The molecular weight excluding hydrogens is 710 g/mol. The van der Waals surface area contributed by atoms with Crippen LogP contribution in [0.5, 0.6) is 5.75 Å². The SMILES string of the molecule is C=C(CBr)C(C(=O)OC(c1ccccc1)c1ccccc1)N1C(=O)C(NC(=O)COc2ccccc2)C1SN1C(=O)c2ccccc2C1=O. The maximum Gasteiger partial charge on any atom is 0.334 e. The standard InChI is InChI=1S/C37H30BrN3O7S/c1-23(21-38)31(37(46)48-32(24-13-5-2-6-14-24)25-15-7-3-8-16-25)40-35(45)30(39-29(42)22-47-26-17-9-4-10-18-26)36(40)49-41-33(43)27-19-11-12-20-28(27)34(41)44/h2-20,30-32,36H,1,21-22H2,(H,39,42). The number of fused-ring (bicyclic) bond motifs is 1. The molecule has 4 aromatic carbocycles. The molecule has 0 radical (unpaired) electrons. The van der Waals surface area contributed by atoms with Gasteiger partial charge in [0.1, 0.15) is 17.2 Å². The molecule has 0 bridgehead atoms. The molecule has 2 aliphatic rings. The highest BCUT2D eigenvalue weighted by atomic mass is 79.9. The molecule has 6 rings (SSSR count). The lowest BCUT2D eigenvalue weighted by Gasteiger charge is -2.50. The number of nitrogens with one attached hydrogen (secondary N) is 1. The number of likely N-dealkylation sites (tertiary alicyclic amines) is 1. The molecule has 0 aliphatic carbocycles. The monoisotopic (exact) mass is 739 g/mol. The van der Waals surface area contributed by atoms with Crippen LogP contribution >= 0.6 is 27.9 Å². The summed E-state index contributed by atoms with van der Waals surface area (Å²) in [5.41, 5.74) is 2.14. The second-order valence-electron chi connectivity index (χ2n) is 11.2. The first-order chi connectivity index (χ1) is 23.8. The van der Waals surface area contributed by atoms with Gasteiger partial charge in [-0.15, -0.1) is 0 Å². The number of hydrogen-bond donors (Lipinski definition) is 1. The molecule has 2 aliphatic heterocycles. The number of amides is 4. The Morgan fingerprint density at radius 1 is 0.796 bits per heavy atom. The summed E-state index contributed by atoms with van der Waals surface area (Å²) in [5.74, 6) is -2.70. The van der Waals surface area contributed by atoms with E-state index in [2.05, 4.69) is 27.8 Å². The van der Waals surface area contributed by atoms with Gasteiger partial charge in [0, 0.05) is 5.33 Å². The van der Waals surface area contributed by atoms with E-state index < -0.39 is 59.8 Å². The third kappa shape index (κ3) is 7.01. The van der Waals surface area contributed by atoms with Crippen molar-refractivity contribution >= 4 is 57.5 Å². The highest BCUT2D eigenvalue weighted by molar-refractivity contribution is 9.09. The number of rotatable bonds is 13. The zero-order chi connectivity index (χ0) is 34.5. The molecule has 49 heavy (non-hydrogen) atoms. The van der Waals surface area contributed by atoms with Crippen molar-refractivity contribution in [3.63, 3.8) is 0 Å². The lowest BCUT2D eigenvalue weighted by Crippen LogP contribution is -2.74. The van der Waals surface area contributed by atoms with Gasteiger partial charge in [0.2, 0.25) is 5.91 Å². The van der Waals surface area contributed by atoms with E-state index in [0.29, 0.717) is 22.4 Å². The van der Waals surface area contributed by atoms with Crippen molar-refractivity contribution in [1.82, 2.24) is 14.5 Å². The predicted molar refractivity (Wildman–Crippen MR) is 187 cm³/mol. The molecule has 0 spiro atoms. The van der Waals surface area contributed by atoms with E-state index in [1.807, 2.05) is 60.7 Å². The van der Waals surface area contributed by atoms with Crippen LogP contribution in [0, 0.1) is 0 Å². The van der Waals surface area contributed by atoms with Gasteiger partial charge in [0.25, 0.3) is 17.7 Å². The van der Waals surface area contributed by atoms with E-state index in [1.165, 1.54) is 4.90 Å². The highest BCUT2D eigenvalue weighted by Gasteiger charge is 2.57. The zero-order valence-electron chi connectivity index (χ0n) is 25.9. The Morgan fingerprint density at radius 2 is 1.31 bits per heavy atom. The fraction of sp³-hybridized carbons (Fsp3) is 0.162. The number of esters is 1. The molecule has 10 nitrogen and oxygen atoms in total. The number of hydrogen-bond acceptors (Lipinski definition) is 8. The van der Waals surface area contributed by atoms with Crippen LogP contribution in [0.2, 0.25) is 0 Å². The fourth-order valence-corrected chi connectivity index (χ4v) is 7.12. The molecule has 1 fully saturated rings. The summed E-state index contributed by atoms with van der Waals surface area (Å²) in [6, 6.07) is 30.9. The number of β-lactam (4-membered cyclic amide) rings is 1. The van der Waals surface area contributed by atoms with Crippen molar-refractivity contribution in [3.8, 4) is 5.75 Å². The van der Waals surface area contributed by atoms with E-state index >= 15 is 0 Å². The number of benzene rings is 4. The van der Waals surface area contributed by atoms with Crippen LogP contribution < -0.4 is 10.1 Å². The van der Waals surface area contributed by atoms with Crippen LogP contribution in [0.3, 0.4) is 0 Å². The van der Waals surface area contributed by atoms with Crippen molar-refractivity contribution in [1.29, 1.82) is 0 Å². The molecule has 248 valence electrons. The van der Waals surface area contributed by atoms with Gasteiger partial charge in [-0.3, -0.25) is 19.2 Å². The maximum atomic E-state index is 14.2. The Labute approximate surface area is 295 Å². The quantitative estimate of drug-likeness (QED) is 0.0489. The molecule has 2 heterocycles. The van der Waals surface area contributed by atoms with E-state index in [4.69, 9.17) is 9.47 Å². The van der Waals surface area contributed by atoms with Crippen molar-refractivity contribution in [3.05, 3.63) is 150 Å². The second-order valence-corrected chi connectivity index (χ2v) is 12.8. The van der Waals surface area contributed by atoms with Gasteiger partial charge < -0.3 is 19.7 Å². The molecule has 0 saturated carbocycles. The molecule has 0 aromatic heterocycles. The van der Waals surface area contributed by atoms with E-state index in [-0.39, 0.29) is 16.5 Å². The van der Waals surface area contributed by atoms with Gasteiger partial charge in [0.05, 0.1) is 11.1 Å². The zero-order valence-corrected chi connectivity index (χ0v) is 28.3. The highest BCUT2D eigenvalue weighted by Crippen LogP contribution is 2.40. The summed E-state index contributed by atoms with van der Waals surface area (Å²) in [7, 11) is 0. The normalized spacial score (nSPS) is 17.3. The molecule has 3 atom stereocenters. The largest absolute Gasteiger partial charge is 0.484 e. The molecule has 1 saturated heterocycles. The molecule has 1 N–H and O–H groups in total. The van der Waals surface area contributed by atoms with Gasteiger partial charge in [-0.2, -0.15) is 0 Å². The van der Waals surface area contributed by atoms with Crippen molar-refractivity contribution in [2.75, 3.05) is 11.9 Å². The topological polar surface area (TPSA) is 122 Å². The molecule has 3 unspecified atom stereocenters. The second kappa shape index (κ2) is 14.9. The smallest absolute Gasteiger partial charge is 0.334 e. The first kappa shape index (κ1) is 33.7. The summed E-state index contributed by atoms with van der Waals surface area (Å²) >= 11 is 4.12. The molecule has 12 heteroatoms. The average Bonchev–Trinajstić information content (AvgIpc) is 3.39. The fourth-order valence-electron chi connectivity index (χ4n) is 5.57. The van der Waals surface area contributed by atoms with Crippen LogP contribution in [0.1, 0.15) is 37.9 Å². The lowest BCUT2D eigenvalue weighted by atomic mass is 9.98. The van der Waals surface area contributed by atoms with E-state index in [9.17, 15) is 24.0 Å². The summed E-state index contributed by atoms with van der Waals surface area (Å²) < 4.78 is 12.7. The minimum absolute atomic E-state index is 0.129. The number of halogens is 1. The summed E-state index contributed by atoms with van der Waals surface area (Å²) in [6.07, 6.45) is -0.815. The van der Waals surface area contributed by atoms with E-state index in [1.54, 1.807) is 54.6 Å². The summed E-state index contributed by atoms with van der Waals surface area (Å²) in [6.45, 7) is 3.66. The van der Waals surface area contributed by atoms with Gasteiger partial charge in [-0.05, 0) is 52.9 Å². The number of ether oxygens (including phenoxy) is 2. The number of carbonyl (C=O) groups excluding carboxylic acids is 5. The van der Waals surface area contributed by atoms with Gasteiger partial charge >= 0.3 is 5.97 Å². The summed E-state index contributed by atoms with van der Waals surface area (Å²) in [5, 5.41) is 1.72. The lowest BCUT2D eigenvalue weighted by molar-refractivity contribution is -0.165. The molecule has 4 aromatic rings. The van der Waals surface area contributed by atoms with Crippen molar-refractivity contribution in [2.24, 2.45) is 0 Å². The Morgan fingerprint density at radius 3 is 1.84 bits per heavy atom. The van der Waals surface area contributed by atoms with Gasteiger partial charge in [-0.25, -0.2) is 9.10 Å². The van der Waals surface area contributed by atoms with Crippen LogP contribution in [0.25, 0.3) is 0 Å². The average molecular weight is 741 g/mol. The van der Waals surface area contributed by atoms with Crippen LogP contribution in [-0.2, 0) is 19.1 Å². The number of nitrogens with zero attached hydrogens (tertiary/aromatic N) is 2. The Kier molecular flexibility index (Phi) is 10.3. The predicted octanol–water partition coefficient (Wildman–Crippen LogP) is 5.32. The van der Waals surface area contributed by atoms with Crippen molar-refractivity contribution in [2.45, 2.75) is 23.6 Å². The van der Waals surface area contributed by atoms with Crippen LogP contribution in [-0.4, -0.2) is 68.2 Å². The molecule has 4 amide bonds. The first-order valence-corrected chi connectivity index (χ1v) is 17.2. The first-order valence-electron chi connectivity index (χ1n) is 15.3. The van der Waals surface area contributed by atoms with Gasteiger partial charge in [-0.1, -0.05) is 114 Å². The minimum Gasteiger partial charge on any atom is -0.484 e. The minimum atomic E-state index is -1.33. The number of carbonyl (C=O) groups is 5. The van der Waals surface area contributed by atoms with Crippen LogP contribution in [0.4, 0.5) is 0 Å². The Balaban J connectivity index is 1.29. The van der Waals surface area contributed by atoms with Crippen LogP contribution in [0.15, 0.2) is 127 Å². The Hall–Kier alpha value is -5.20. The number of alkyl halides is 1. The maximum absolute atomic E-state index is 14.2. The summed E-state index contributed by atoms with van der Waals surface area (Å²) in [4.78, 5) is 69.1. The third-order valence-corrected chi connectivity index (χ3v) is 9.96. The third-order valence-electron chi connectivity index (χ3n) is 7.98. The number of imide groups is 1. The van der Waals surface area contributed by atoms with Crippen molar-refractivity contribution < 1.29 is 33.4 Å². The molecular formula is C37H30BrN3O7S.